The van der Waals surface area contributed by atoms with Crippen molar-refractivity contribution in [3.05, 3.63) is 47.9 Å². The number of benzene rings is 1. The van der Waals surface area contributed by atoms with Gasteiger partial charge in [-0.2, -0.15) is 0 Å². The van der Waals surface area contributed by atoms with Gasteiger partial charge in [0.1, 0.15) is 0 Å². The fraction of sp³-hybridized carbons (Fsp3) is 0.412. The number of methoxy groups -OCH3 is 2. The van der Waals surface area contributed by atoms with E-state index in [-0.39, 0.29) is 0 Å². The average molecular weight is 305 g/mol. The first kappa shape index (κ1) is 16.4. The third-order valence-corrected chi connectivity index (χ3v) is 3.36. The molecule has 1 atom stereocenters. The van der Waals surface area contributed by atoms with Gasteiger partial charge in [-0.1, -0.05) is 6.07 Å². The van der Waals surface area contributed by atoms with E-state index in [0.717, 1.165) is 17.7 Å². The molecule has 0 saturated heterocycles. The van der Waals surface area contributed by atoms with Crippen LogP contribution in [0.2, 0.25) is 0 Å². The Balaban J connectivity index is 2.12. The van der Waals surface area contributed by atoms with Crippen LogP contribution in [0.15, 0.2) is 41.2 Å². The number of nitrogens with zero attached hydrogens (tertiary/aromatic N) is 1. The lowest BCUT2D eigenvalue weighted by molar-refractivity contribution is 0.118. The Kier molecular flexibility index (Phi) is 5.86. The summed E-state index contributed by atoms with van der Waals surface area (Å²) in [4.78, 5) is 2.16. The zero-order valence-electron chi connectivity index (χ0n) is 13.3. The van der Waals surface area contributed by atoms with Crippen LogP contribution in [-0.2, 0) is 13.1 Å². The van der Waals surface area contributed by atoms with E-state index in [0.29, 0.717) is 24.6 Å². The molecule has 22 heavy (non-hydrogen) atoms. The van der Waals surface area contributed by atoms with Crippen molar-refractivity contribution >= 4 is 0 Å². The Morgan fingerprint density at radius 3 is 2.41 bits per heavy atom. The van der Waals surface area contributed by atoms with Gasteiger partial charge in [-0.05, 0) is 30.7 Å². The third kappa shape index (κ3) is 4.51. The second-order valence-electron chi connectivity index (χ2n) is 5.34. The smallest absolute Gasteiger partial charge is 0.161 e. The molecule has 0 amide bonds. The lowest BCUT2D eigenvalue weighted by Gasteiger charge is -2.23. The summed E-state index contributed by atoms with van der Waals surface area (Å²) in [6.45, 7) is 3.79. The van der Waals surface area contributed by atoms with Gasteiger partial charge in [0.15, 0.2) is 11.5 Å². The van der Waals surface area contributed by atoms with E-state index in [2.05, 4.69) is 4.90 Å². The minimum Gasteiger partial charge on any atom is -0.493 e. The van der Waals surface area contributed by atoms with Gasteiger partial charge in [-0.25, -0.2) is 0 Å². The van der Waals surface area contributed by atoms with Crippen molar-refractivity contribution in [3.8, 4) is 11.5 Å². The van der Waals surface area contributed by atoms with Gasteiger partial charge in [0.05, 0.1) is 32.8 Å². The maximum absolute atomic E-state index is 9.70. The molecule has 1 aromatic heterocycles. The molecule has 0 aliphatic carbocycles. The van der Waals surface area contributed by atoms with Crippen LogP contribution in [0.5, 0.6) is 11.5 Å². The Bertz CT molecular complexity index is 566. The highest BCUT2D eigenvalue weighted by Gasteiger charge is 2.12. The van der Waals surface area contributed by atoms with E-state index in [1.165, 1.54) is 0 Å². The molecule has 5 nitrogen and oxygen atoms in total. The van der Waals surface area contributed by atoms with Crippen molar-refractivity contribution in [2.75, 3.05) is 20.8 Å². The van der Waals surface area contributed by atoms with Crippen molar-refractivity contribution in [1.82, 2.24) is 4.90 Å². The van der Waals surface area contributed by atoms with Gasteiger partial charge in [0.25, 0.3) is 0 Å². The Morgan fingerprint density at radius 1 is 1.09 bits per heavy atom. The maximum Gasteiger partial charge on any atom is 0.161 e. The number of ether oxygens (including phenoxy) is 2. The van der Waals surface area contributed by atoms with Crippen LogP contribution in [0.3, 0.4) is 0 Å². The number of rotatable bonds is 8. The quantitative estimate of drug-likeness (QED) is 0.812. The first-order valence-electron chi connectivity index (χ1n) is 7.24. The number of hydrogen-bond donors (Lipinski definition) is 1. The zero-order chi connectivity index (χ0) is 15.9. The summed E-state index contributed by atoms with van der Waals surface area (Å²) in [5.74, 6) is 1.42. The molecule has 0 saturated carbocycles. The molecule has 1 heterocycles. The molecular formula is C17H23NO4. The van der Waals surface area contributed by atoms with E-state index in [1.807, 2.05) is 24.3 Å². The van der Waals surface area contributed by atoms with Crippen molar-refractivity contribution in [3.63, 3.8) is 0 Å². The van der Waals surface area contributed by atoms with Crippen LogP contribution >= 0.6 is 0 Å². The van der Waals surface area contributed by atoms with Crippen LogP contribution in [0, 0.1) is 0 Å². The number of hydrogen-bond acceptors (Lipinski definition) is 5. The van der Waals surface area contributed by atoms with Crippen LogP contribution in [0.1, 0.15) is 18.1 Å². The summed E-state index contributed by atoms with van der Waals surface area (Å²) < 4.78 is 15.7. The molecule has 0 aliphatic rings. The van der Waals surface area contributed by atoms with Gasteiger partial charge >= 0.3 is 0 Å². The molecule has 0 bridgehead atoms. The lowest BCUT2D eigenvalue weighted by Crippen LogP contribution is -2.30. The van der Waals surface area contributed by atoms with Gasteiger partial charge in [-0.15, -0.1) is 0 Å². The number of aliphatic hydroxyl groups is 1. The fourth-order valence-corrected chi connectivity index (χ4v) is 2.44. The highest BCUT2D eigenvalue weighted by atomic mass is 16.5. The predicted octanol–water partition coefficient (Wildman–Crippen LogP) is 2.68. The van der Waals surface area contributed by atoms with E-state index in [9.17, 15) is 5.11 Å². The first-order valence-corrected chi connectivity index (χ1v) is 7.24. The third-order valence-electron chi connectivity index (χ3n) is 3.36. The molecule has 2 rings (SSSR count). The topological polar surface area (TPSA) is 55.1 Å². The van der Waals surface area contributed by atoms with E-state index in [1.54, 1.807) is 33.7 Å². The molecule has 0 fully saturated rings. The molecular weight excluding hydrogens is 282 g/mol. The molecule has 0 aliphatic heterocycles. The molecule has 5 heteroatoms. The zero-order valence-corrected chi connectivity index (χ0v) is 13.3. The molecule has 0 radical (unpaired) electrons. The average Bonchev–Trinajstić information content (AvgIpc) is 2.99. The predicted molar refractivity (Wildman–Crippen MR) is 84.0 cm³/mol. The monoisotopic (exact) mass is 305 g/mol. The Hall–Kier alpha value is -1.98. The largest absolute Gasteiger partial charge is 0.493 e. The second kappa shape index (κ2) is 7.87. The van der Waals surface area contributed by atoms with E-state index in [4.69, 9.17) is 13.9 Å². The summed E-state index contributed by atoms with van der Waals surface area (Å²) in [6, 6.07) is 7.80. The minimum atomic E-state index is -0.396. The van der Waals surface area contributed by atoms with Crippen LogP contribution < -0.4 is 9.47 Å². The minimum absolute atomic E-state index is 0.396. The van der Waals surface area contributed by atoms with Gasteiger partial charge < -0.3 is 19.0 Å². The summed E-state index contributed by atoms with van der Waals surface area (Å²) in [7, 11) is 3.25. The summed E-state index contributed by atoms with van der Waals surface area (Å²) in [6.07, 6.45) is 2.99. The number of furan rings is 1. The van der Waals surface area contributed by atoms with Crippen molar-refractivity contribution < 1.29 is 19.0 Å². The van der Waals surface area contributed by atoms with E-state index < -0.39 is 6.10 Å². The van der Waals surface area contributed by atoms with Crippen LogP contribution in [-0.4, -0.2) is 36.9 Å². The standard InChI is InChI=1S/C17H23NO4/c1-13(19)9-18(11-15-6-7-22-12-15)10-14-4-5-16(20-2)17(8-14)21-3/h4-8,12-13,19H,9-11H2,1-3H3. The highest BCUT2D eigenvalue weighted by molar-refractivity contribution is 5.42. The van der Waals surface area contributed by atoms with Crippen molar-refractivity contribution in [2.24, 2.45) is 0 Å². The Labute approximate surface area is 131 Å². The second-order valence-corrected chi connectivity index (χ2v) is 5.34. The fourth-order valence-electron chi connectivity index (χ4n) is 2.44. The molecule has 2 aromatic rings. The summed E-state index contributed by atoms with van der Waals surface area (Å²) in [5, 5.41) is 9.70. The molecule has 1 N–H and O–H groups in total. The normalized spacial score (nSPS) is 12.4. The maximum atomic E-state index is 9.70. The number of aliphatic hydroxyl groups excluding tert-OH is 1. The van der Waals surface area contributed by atoms with Crippen LogP contribution in [0.4, 0.5) is 0 Å². The molecule has 1 unspecified atom stereocenters. The summed E-state index contributed by atoms with van der Waals surface area (Å²) >= 11 is 0. The molecule has 120 valence electrons. The van der Waals surface area contributed by atoms with Crippen molar-refractivity contribution in [1.29, 1.82) is 0 Å². The van der Waals surface area contributed by atoms with E-state index >= 15 is 0 Å². The molecule has 0 spiro atoms. The van der Waals surface area contributed by atoms with Crippen LogP contribution in [0.25, 0.3) is 0 Å². The first-order chi connectivity index (χ1) is 10.6. The SMILES string of the molecule is COc1ccc(CN(Cc2ccoc2)CC(C)O)cc1OC. The van der Waals surface area contributed by atoms with Crippen molar-refractivity contribution in [2.45, 2.75) is 26.1 Å². The Morgan fingerprint density at radius 2 is 1.82 bits per heavy atom. The molecule has 1 aromatic carbocycles. The van der Waals surface area contributed by atoms with Gasteiger partial charge in [0.2, 0.25) is 0 Å². The highest BCUT2D eigenvalue weighted by Crippen LogP contribution is 2.28. The van der Waals surface area contributed by atoms with Gasteiger partial charge in [-0.3, -0.25) is 4.90 Å². The lowest BCUT2D eigenvalue weighted by atomic mass is 10.1. The van der Waals surface area contributed by atoms with Gasteiger partial charge in [0, 0.05) is 25.2 Å². The summed E-state index contributed by atoms with van der Waals surface area (Å²) in [5.41, 5.74) is 2.18.